The van der Waals surface area contributed by atoms with E-state index < -0.39 is 0 Å². The molecule has 1 atom stereocenters. The highest BCUT2D eigenvalue weighted by atomic mass is 32.2. The third kappa shape index (κ3) is 4.22. The zero-order chi connectivity index (χ0) is 17.0. The molecule has 1 amide bonds. The lowest BCUT2D eigenvalue weighted by Gasteiger charge is -2.14. The van der Waals surface area contributed by atoms with Gasteiger partial charge in [0.1, 0.15) is 5.82 Å². The first-order chi connectivity index (χ1) is 10.9. The molecule has 0 fully saturated rings. The zero-order valence-electron chi connectivity index (χ0n) is 14.0. The first kappa shape index (κ1) is 17.3. The molecule has 1 N–H and O–H groups in total. The second-order valence-electron chi connectivity index (χ2n) is 5.50. The Morgan fingerprint density at radius 1 is 1.39 bits per heavy atom. The zero-order valence-corrected chi connectivity index (χ0v) is 14.8. The van der Waals surface area contributed by atoms with Gasteiger partial charge in [0, 0.05) is 12.2 Å². The maximum absolute atomic E-state index is 12.4. The van der Waals surface area contributed by atoms with Crippen molar-refractivity contribution in [3.05, 3.63) is 47.8 Å². The molecule has 2 rings (SSSR count). The first-order valence-corrected chi connectivity index (χ1v) is 8.35. The van der Waals surface area contributed by atoms with Gasteiger partial charge in [-0.05, 0) is 44.9 Å². The molecule has 0 aliphatic carbocycles. The number of carbonyl (C=O) groups is 1. The number of anilines is 1. The average Bonchev–Trinajstić information content (AvgIpc) is 2.84. The molecular formula is C17H22N4OS. The highest BCUT2D eigenvalue weighted by molar-refractivity contribution is 8.00. The molecule has 2 aromatic rings. The molecule has 0 saturated heterocycles. The van der Waals surface area contributed by atoms with Gasteiger partial charge in [0.05, 0.1) is 5.25 Å². The van der Waals surface area contributed by atoms with Gasteiger partial charge in [0.15, 0.2) is 5.16 Å². The van der Waals surface area contributed by atoms with Gasteiger partial charge >= 0.3 is 0 Å². The van der Waals surface area contributed by atoms with Crippen LogP contribution in [0.2, 0.25) is 0 Å². The number of carbonyl (C=O) groups excluding carboxylic acids is 1. The predicted molar refractivity (Wildman–Crippen MR) is 94.8 cm³/mol. The van der Waals surface area contributed by atoms with Crippen LogP contribution in [-0.2, 0) is 11.3 Å². The monoisotopic (exact) mass is 330 g/mol. The Balaban J connectivity index is 2.08. The van der Waals surface area contributed by atoms with Gasteiger partial charge in [-0.15, -0.1) is 16.8 Å². The Hall–Kier alpha value is -2.08. The standard InChI is InChI=1S/C17H22N4OS/c1-6-9-21-14(5)19-20-17(21)23-13(4)16(22)18-15-10-11(2)7-8-12(15)3/h6-8,10,13H,1,9H2,2-5H3,(H,18,22)/t13-/m1/s1. The van der Waals surface area contributed by atoms with E-state index in [9.17, 15) is 4.79 Å². The molecule has 5 nitrogen and oxygen atoms in total. The minimum Gasteiger partial charge on any atom is -0.325 e. The molecule has 6 heteroatoms. The quantitative estimate of drug-likeness (QED) is 0.650. The summed E-state index contributed by atoms with van der Waals surface area (Å²) in [7, 11) is 0. The molecule has 0 bridgehead atoms. The van der Waals surface area contributed by atoms with E-state index in [1.165, 1.54) is 11.8 Å². The van der Waals surface area contributed by atoms with Crippen LogP contribution in [0, 0.1) is 20.8 Å². The van der Waals surface area contributed by atoms with Crippen molar-refractivity contribution in [2.75, 3.05) is 5.32 Å². The van der Waals surface area contributed by atoms with E-state index >= 15 is 0 Å². The van der Waals surface area contributed by atoms with E-state index in [-0.39, 0.29) is 11.2 Å². The minimum absolute atomic E-state index is 0.0468. The summed E-state index contributed by atoms with van der Waals surface area (Å²) in [4.78, 5) is 12.4. The van der Waals surface area contributed by atoms with Crippen LogP contribution in [-0.4, -0.2) is 25.9 Å². The van der Waals surface area contributed by atoms with Gasteiger partial charge in [0.2, 0.25) is 5.91 Å². The fraction of sp³-hybridized carbons (Fsp3) is 0.353. The second kappa shape index (κ2) is 7.46. The molecule has 1 aromatic carbocycles. The number of aromatic nitrogens is 3. The van der Waals surface area contributed by atoms with Crippen LogP contribution in [0.3, 0.4) is 0 Å². The van der Waals surface area contributed by atoms with Crippen LogP contribution in [0.1, 0.15) is 23.9 Å². The van der Waals surface area contributed by atoms with Crippen molar-refractivity contribution < 1.29 is 4.79 Å². The Morgan fingerprint density at radius 3 is 2.83 bits per heavy atom. The van der Waals surface area contributed by atoms with E-state index in [1.807, 2.05) is 50.5 Å². The van der Waals surface area contributed by atoms with Gasteiger partial charge in [-0.1, -0.05) is 30.0 Å². The van der Waals surface area contributed by atoms with Crippen LogP contribution in [0.15, 0.2) is 36.0 Å². The topological polar surface area (TPSA) is 59.8 Å². The van der Waals surface area contributed by atoms with Crippen molar-refractivity contribution >= 4 is 23.4 Å². The number of nitrogens with zero attached hydrogens (tertiary/aromatic N) is 3. The maximum atomic E-state index is 12.4. The van der Waals surface area contributed by atoms with Crippen molar-refractivity contribution in [2.45, 2.75) is 44.6 Å². The largest absolute Gasteiger partial charge is 0.325 e. The predicted octanol–water partition coefficient (Wildman–Crippen LogP) is 3.51. The van der Waals surface area contributed by atoms with Crippen LogP contribution in [0.4, 0.5) is 5.69 Å². The third-order valence-electron chi connectivity index (χ3n) is 3.52. The van der Waals surface area contributed by atoms with Crippen molar-refractivity contribution in [1.82, 2.24) is 14.8 Å². The smallest absolute Gasteiger partial charge is 0.237 e. The summed E-state index contributed by atoms with van der Waals surface area (Å²) < 4.78 is 1.94. The maximum Gasteiger partial charge on any atom is 0.237 e. The number of hydrogen-bond acceptors (Lipinski definition) is 4. The number of hydrogen-bond donors (Lipinski definition) is 1. The number of benzene rings is 1. The van der Waals surface area contributed by atoms with Gasteiger partial charge in [0.25, 0.3) is 0 Å². The summed E-state index contributed by atoms with van der Waals surface area (Å²) in [6, 6.07) is 6.02. The Bertz CT molecular complexity index is 723. The number of amides is 1. The van der Waals surface area contributed by atoms with E-state index in [4.69, 9.17) is 0 Å². The molecular weight excluding hydrogens is 308 g/mol. The molecule has 122 valence electrons. The van der Waals surface area contributed by atoms with Crippen LogP contribution in [0.25, 0.3) is 0 Å². The molecule has 0 saturated carbocycles. The van der Waals surface area contributed by atoms with Crippen molar-refractivity contribution in [2.24, 2.45) is 0 Å². The fourth-order valence-electron chi connectivity index (χ4n) is 2.10. The second-order valence-corrected chi connectivity index (χ2v) is 6.80. The van der Waals surface area contributed by atoms with Gasteiger partial charge in [-0.25, -0.2) is 0 Å². The first-order valence-electron chi connectivity index (χ1n) is 7.48. The van der Waals surface area contributed by atoms with E-state index in [1.54, 1.807) is 6.08 Å². The van der Waals surface area contributed by atoms with Crippen LogP contribution < -0.4 is 5.32 Å². The van der Waals surface area contributed by atoms with Gasteiger partial charge < -0.3 is 9.88 Å². The van der Waals surface area contributed by atoms with E-state index in [0.717, 1.165) is 27.8 Å². The van der Waals surface area contributed by atoms with Crippen LogP contribution in [0.5, 0.6) is 0 Å². The summed E-state index contributed by atoms with van der Waals surface area (Å²) in [6.07, 6.45) is 1.79. The molecule has 0 unspecified atom stereocenters. The molecule has 1 heterocycles. The minimum atomic E-state index is -0.276. The Morgan fingerprint density at radius 2 is 2.13 bits per heavy atom. The fourth-order valence-corrected chi connectivity index (χ4v) is 3.01. The number of allylic oxidation sites excluding steroid dienone is 1. The Labute approximate surface area is 141 Å². The Kier molecular flexibility index (Phi) is 5.60. The summed E-state index contributed by atoms with van der Waals surface area (Å²) in [5.74, 6) is 0.768. The SMILES string of the molecule is C=CCn1c(C)nnc1S[C@H](C)C(=O)Nc1cc(C)ccc1C. The average molecular weight is 330 g/mol. The number of nitrogens with one attached hydrogen (secondary N) is 1. The molecule has 0 radical (unpaired) electrons. The number of aryl methyl sites for hydroxylation is 3. The van der Waals surface area contributed by atoms with E-state index in [0.29, 0.717) is 6.54 Å². The lowest BCUT2D eigenvalue weighted by molar-refractivity contribution is -0.115. The summed E-state index contributed by atoms with van der Waals surface area (Å²) in [6.45, 7) is 12.1. The van der Waals surface area contributed by atoms with Crippen molar-refractivity contribution in [1.29, 1.82) is 0 Å². The summed E-state index contributed by atoms with van der Waals surface area (Å²) in [5.41, 5.74) is 3.02. The van der Waals surface area contributed by atoms with Crippen molar-refractivity contribution in [3.8, 4) is 0 Å². The molecule has 23 heavy (non-hydrogen) atoms. The van der Waals surface area contributed by atoms with E-state index in [2.05, 4.69) is 22.1 Å². The third-order valence-corrected chi connectivity index (χ3v) is 4.60. The number of rotatable bonds is 6. The number of thioether (sulfide) groups is 1. The van der Waals surface area contributed by atoms with Gasteiger partial charge in [-0.2, -0.15) is 0 Å². The molecule has 0 aliphatic rings. The summed E-state index contributed by atoms with van der Waals surface area (Å²) in [5, 5.41) is 11.7. The lowest BCUT2D eigenvalue weighted by Crippen LogP contribution is -2.23. The molecule has 0 spiro atoms. The lowest BCUT2D eigenvalue weighted by atomic mass is 10.1. The highest BCUT2D eigenvalue weighted by Gasteiger charge is 2.19. The highest BCUT2D eigenvalue weighted by Crippen LogP contribution is 2.24. The van der Waals surface area contributed by atoms with Crippen LogP contribution >= 0.6 is 11.8 Å². The summed E-state index contributed by atoms with van der Waals surface area (Å²) >= 11 is 1.40. The normalized spacial score (nSPS) is 12.0. The van der Waals surface area contributed by atoms with Gasteiger partial charge in [-0.3, -0.25) is 4.79 Å². The van der Waals surface area contributed by atoms with Crippen molar-refractivity contribution in [3.63, 3.8) is 0 Å². The molecule has 0 aliphatic heterocycles. The molecule has 1 aromatic heterocycles.